The minimum absolute atomic E-state index is 0.0243. The molecule has 0 spiro atoms. The summed E-state index contributed by atoms with van der Waals surface area (Å²) >= 11 is 0. The molecular weight excluding hydrogens is 508 g/mol. The predicted molar refractivity (Wildman–Crippen MR) is 142 cm³/mol. The topological polar surface area (TPSA) is 79.1 Å². The average molecular weight is 541 g/mol. The number of nitrogens with zero attached hydrogens (tertiary/aromatic N) is 5. The molecule has 0 saturated carbocycles. The maximum atomic E-state index is 15.3. The molecule has 1 aromatic heterocycles. The molecule has 0 unspecified atom stereocenters. The van der Waals surface area contributed by atoms with Gasteiger partial charge in [-0.25, -0.2) is 27.8 Å². The lowest BCUT2D eigenvalue weighted by Crippen LogP contribution is -2.59. The van der Waals surface area contributed by atoms with Crippen molar-refractivity contribution in [1.29, 1.82) is 0 Å². The number of rotatable bonds is 7. The summed E-state index contributed by atoms with van der Waals surface area (Å²) in [5.41, 5.74) is 1.89. The Balaban J connectivity index is 1.25. The molecule has 0 N–H and O–H groups in total. The van der Waals surface area contributed by atoms with Crippen LogP contribution >= 0.6 is 0 Å². The number of aromatic nitrogens is 1. The third kappa shape index (κ3) is 4.82. The van der Waals surface area contributed by atoms with Gasteiger partial charge in [0.25, 0.3) is 6.23 Å². The van der Waals surface area contributed by atoms with E-state index in [1.165, 1.54) is 36.5 Å². The van der Waals surface area contributed by atoms with Gasteiger partial charge < -0.3 is 19.0 Å². The zero-order chi connectivity index (χ0) is 27.7. The van der Waals surface area contributed by atoms with E-state index in [-0.39, 0.29) is 22.8 Å². The van der Waals surface area contributed by atoms with E-state index in [0.717, 1.165) is 0 Å². The van der Waals surface area contributed by atoms with E-state index in [4.69, 9.17) is 9.15 Å². The highest BCUT2D eigenvalue weighted by atomic mass is 19.1. The number of halogens is 2. The number of piperazine rings is 1. The third-order valence-corrected chi connectivity index (χ3v) is 7.97. The van der Waals surface area contributed by atoms with Crippen LogP contribution in [0, 0.1) is 11.6 Å². The highest BCUT2D eigenvalue weighted by Gasteiger charge is 2.48. The summed E-state index contributed by atoms with van der Waals surface area (Å²) < 4.78 is 41.0. The van der Waals surface area contributed by atoms with Gasteiger partial charge in [-0.05, 0) is 50.2 Å². The fourth-order valence-corrected chi connectivity index (χ4v) is 5.58. The number of cyclic esters (lactones) is 1. The minimum Gasteiger partial charge on any atom is -0.444 e. The molecule has 1 atom stereocenters. The van der Waals surface area contributed by atoms with Crippen LogP contribution in [0.15, 0.2) is 53.4 Å². The van der Waals surface area contributed by atoms with Crippen LogP contribution in [0.1, 0.15) is 20.8 Å². The molecule has 2 saturated heterocycles. The van der Waals surface area contributed by atoms with E-state index in [2.05, 4.69) is 4.98 Å². The van der Waals surface area contributed by atoms with Gasteiger partial charge in [-0.1, -0.05) is 0 Å². The van der Waals surface area contributed by atoms with E-state index < -0.39 is 18.1 Å². The first kappa shape index (κ1) is 26.6. The highest BCUT2D eigenvalue weighted by Crippen LogP contribution is 2.32. The molecule has 0 radical (unpaired) electrons. The number of amides is 2. The molecule has 206 valence electrons. The number of hydrogen-bond donors (Lipinski definition) is 0. The van der Waals surface area contributed by atoms with Gasteiger partial charge in [-0.15, -0.1) is 0 Å². The monoisotopic (exact) mass is 540 g/mol. The van der Waals surface area contributed by atoms with Gasteiger partial charge in [0.1, 0.15) is 18.2 Å². The number of ether oxygens (including phenoxy) is 1. The number of quaternary nitrogens is 1. The fraction of sp³-hybridized carbons (Fsp3) is 0.393. The maximum Gasteiger partial charge on any atom is 0.419 e. The molecule has 2 amide bonds. The lowest BCUT2D eigenvalue weighted by Gasteiger charge is -2.37. The van der Waals surface area contributed by atoms with Gasteiger partial charge in [0.05, 0.1) is 43.3 Å². The van der Waals surface area contributed by atoms with Gasteiger partial charge in [0.2, 0.25) is 0 Å². The maximum absolute atomic E-state index is 15.3. The first-order chi connectivity index (χ1) is 18.8. The summed E-state index contributed by atoms with van der Waals surface area (Å²) in [6.45, 7) is 8.45. The van der Waals surface area contributed by atoms with Crippen molar-refractivity contribution in [3.05, 3.63) is 60.6 Å². The summed E-state index contributed by atoms with van der Waals surface area (Å²) in [7, 11) is 0. The summed E-state index contributed by atoms with van der Waals surface area (Å²) in [6.07, 6.45) is 1.60. The van der Waals surface area contributed by atoms with Crippen LogP contribution in [0.5, 0.6) is 0 Å². The summed E-state index contributed by atoms with van der Waals surface area (Å²) in [4.78, 5) is 34.2. The molecule has 0 bridgehead atoms. The fourth-order valence-electron chi connectivity index (χ4n) is 5.58. The Morgan fingerprint density at radius 2 is 1.62 bits per heavy atom. The normalized spacial score (nSPS) is 18.0. The number of hydrogen-bond acceptors (Lipinski definition) is 7. The van der Waals surface area contributed by atoms with Crippen molar-refractivity contribution in [3.63, 3.8) is 0 Å². The summed E-state index contributed by atoms with van der Waals surface area (Å²) in [6, 6.07) is 9.61. The lowest BCUT2D eigenvalue weighted by molar-refractivity contribution is -0.893. The molecule has 2 fully saturated rings. The Labute approximate surface area is 225 Å². The van der Waals surface area contributed by atoms with E-state index >= 15 is 4.39 Å². The van der Waals surface area contributed by atoms with Crippen LogP contribution in [0.3, 0.4) is 0 Å². The number of carbonyl (C=O) groups excluding carboxylic acids is 2. The Morgan fingerprint density at radius 1 is 1.00 bits per heavy atom. The lowest BCUT2D eigenvalue weighted by atomic mass is 10.1. The molecule has 39 heavy (non-hydrogen) atoms. The Hall–Kier alpha value is -3.99. The molecule has 11 heteroatoms. The minimum atomic E-state index is -0.647. The van der Waals surface area contributed by atoms with Crippen molar-refractivity contribution in [2.75, 3.05) is 60.5 Å². The van der Waals surface area contributed by atoms with E-state index in [1.54, 1.807) is 24.3 Å². The second kappa shape index (κ2) is 10.6. The molecular formula is C28H32F2N5O4+. The average Bonchev–Trinajstić information content (AvgIpc) is 3.60. The van der Waals surface area contributed by atoms with Gasteiger partial charge >= 0.3 is 12.0 Å². The number of likely N-dealkylation sites (N-methyl/N-ethyl adjacent to an activating group) is 1. The Morgan fingerprint density at radius 3 is 2.13 bits per heavy atom. The Bertz CT molecular complexity index is 1350. The molecule has 5 rings (SSSR count). The van der Waals surface area contributed by atoms with Crippen LogP contribution in [0.4, 0.5) is 30.6 Å². The third-order valence-electron chi connectivity index (χ3n) is 7.97. The van der Waals surface area contributed by atoms with Crippen LogP contribution in [-0.4, -0.2) is 73.5 Å². The van der Waals surface area contributed by atoms with Gasteiger partial charge in [0.15, 0.2) is 12.2 Å². The number of oxazole rings is 1. The zero-order valence-electron chi connectivity index (χ0n) is 22.3. The quantitative estimate of drug-likeness (QED) is 0.404. The molecule has 2 aliphatic heterocycles. The SMILES string of the molecule is CC[N+](CC)(C(C)=O)[C@@H]1CN(c2ccc(N3CCN(c4ccc(-c5cnco5)cc4F)CC3)c(F)c2)C(=O)O1. The highest BCUT2D eigenvalue weighted by molar-refractivity contribution is 5.90. The number of anilines is 3. The smallest absolute Gasteiger partial charge is 0.419 e. The van der Waals surface area contributed by atoms with Gasteiger partial charge in [0, 0.05) is 31.7 Å². The van der Waals surface area contributed by atoms with Gasteiger partial charge in [-0.2, -0.15) is 0 Å². The van der Waals surface area contributed by atoms with Crippen LogP contribution in [0.2, 0.25) is 0 Å². The summed E-state index contributed by atoms with van der Waals surface area (Å²) in [5.74, 6) is -0.402. The van der Waals surface area contributed by atoms with Crippen molar-refractivity contribution in [2.24, 2.45) is 0 Å². The van der Waals surface area contributed by atoms with Crippen molar-refractivity contribution in [1.82, 2.24) is 4.98 Å². The van der Waals surface area contributed by atoms with Crippen molar-refractivity contribution in [2.45, 2.75) is 27.0 Å². The molecule has 2 aliphatic rings. The number of carbonyl (C=O) groups is 2. The van der Waals surface area contributed by atoms with Crippen LogP contribution in [-0.2, 0) is 9.53 Å². The van der Waals surface area contributed by atoms with Crippen LogP contribution in [0.25, 0.3) is 11.3 Å². The Kier molecular flexibility index (Phi) is 7.26. The van der Waals surface area contributed by atoms with Crippen molar-refractivity contribution >= 4 is 29.1 Å². The first-order valence-electron chi connectivity index (χ1n) is 13.1. The van der Waals surface area contributed by atoms with Gasteiger partial charge in [-0.3, -0.25) is 4.90 Å². The molecule has 3 aromatic rings. The summed E-state index contributed by atoms with van der Waals surface area (Å²) in [5, 5.41) is 0. The molecule has 9 nitrogen and oxygen atoms in total. The van der Waals surface area contributed by atoms with Crippen molar-refractivity contribution < 1.29 is 32.0 Å². The molecule has 0 aliphatic carbocycles. The van der Waals surface area contributed by atoms with E-state index in [1.807, 2.05) is 23.6 Å². The second-order valence-electron chi connectivity index (χ2n) is 9.78. The first-order valence-corrected chi connectivity index (χ1v) is 13.1. The molecule has 3 heterocycles. The van der Waals surface area contributed by atoms with E-state index in [0.29, 0.717) is 67.7 Å². The van der Waals surface area contributed by atoms with E-state index in [9.17, 15) is 14.0 Å². The molecule has 2 aromatic carbocycles. The zero-order valence-corrected chi connectivity index (χ0v) is 22.3. The second-order valence-corrected chi connectivity index (χ2v) is 9.78. The largest absolute Gasteiger partial charge is 0.444 e. The standard InChI is InChI=1S/C28H32F2N5O4/c1-4-35(5-2,19(3)36)27-17-34(28(37)39-27)21-7-9-25(23(30)15-21)33-12-10-32(11-13-33)24-8-6-20(14-22(24)29)26-16-31-18-38-26/h6-9,14-16,18,27H,4-5,10-13,17H2,1-3H3/q+1/t27-/m0/s1. The van der Waals surface area contributed by atoms with Crippen LogP contribution < -0.4 is 14.7 Å². The number of benzene rings is 2. The predicted octanol–water partition coefficient (Wildman–Crippen LogP) is 4.63. The van der Waals surface area contributed by atoms with Crippen molar-refractivity contribution in [3.8, 4) is 11.3 Å².